The number of nitrogens with one attached hydrogen (secondary N) is 1. The van der Waals surface area contributed by atoms with Gasteiger partial charge in [0.2, 0.25) is 0 Å². The number of rotatable bonds is 7. The average Bonchev–Trinajstić information content (AvgIpc) is 2.63. The SMILES string of the molecule is CCc1nn(C)c(C(=O)NCCCCC(C)C)c1N. The second-order valence-electron chi connectivity index (χ2n) is 5.33. The number of nitrogens with zero attached hydrogens (tertiary/aromatic N) is 2. The molecule has 0 aliphatic heterocycles. The van der Waals surface area contributed by atoms with E-state index in [4.69, 9.17) is 5.73 Å². The van der Waals surface area contributed by atoms with Crippen molar-refractivity contribution in [3.8, 4) is 0 Å². The number of aromatic nitrogens is 2. The van der Waals surface area contributed by atoms with Gasteiger partial charge in [-0.25, -0.2) is 0 Å². The minimum atomic E-state index is -0.128. The zero-order chi connectivity index (χ0) is 14.4. The zero-order valence-electron chi connectivity index (χ0n) is 12.5. The van der Waals surface area contributed by atoms with Gasteiger partial charge >= 0.3 is 0 Å². The lowest BCUT2D eigenvalue weighted by molar-refractivity contribution is 0.0944. The maximum atomic E-state index is 12.1. The van der Waals surface area contributed by atoms with Gasteiger partial charge in [-0.05, 0) is 18.8 Å². The van der Waals surface area contributed by atoms with Crippen LogP contribution in [0.3, 0.4) is 0 Å². The molecule has 19 heavy (non-hydrogen) atoms. The van der Waals surface area contributed by atoms with E-state index < -0.39 is 0 Å². The fourth-order valence-corrected chi connectivity index (χ4v) is 2.09. The van der Waals surface area contributed by atoms with Crippen LogP contribution < -0.4 is 11.1 Å². The lowest BCUT2D eigenvalue weighted by Crippen LogP contribution is -2.27. The molecule has 0 spiro atoms. The maximum absolute atomic E-state index is 12.1. The van der Waals surface area contributed by atoms with Gasteiger partial charge in [0.15, 0.2) is 0 Å². The van der Waals surface area contributed by atoms with Gasteiger partial charge in [-0.1, -0.05) is 33.6 Å². The molecule has 0 aliphatic carbocycles. The fourth-order valence-electron chi connectivity index (χ4n) is 2.09. The molecule has 0 aliphatic rings. The lowest BCUT2D eigenvalue weighted by atomic mass is 10.1. The van der Waals surface area contributed by atoms with Crippen molar-refractivity contribution in [2.75, 3.05) is 12.3 Å². The van der Waals surface area contributed by atoms with E-state index in [1.807, 2.05) is 6.92 Å². The summed E-state index contributed by atoms with van der Waals surface area (Å²) >= 11 is 0. The minimum Gasteiger partial charge on any atom is -0.395 e. The van der Waals surface area contributed by atoms with E-state index in [0.29, 0.717) is 17.9 Å². The highest BCUT2D eigenvalue weighted by atomic mass is 16.2. The molecule has 5 heteroatoms. The molecule has 0 atom stereocenters. The Morgan fingerprint density at radius 1 is 1.42 bits per heavy atom. The highest BCUT2D eigenvalue weighted by Gasteiger charge is 2.18. The number of carbonyl (C=O) groups excluding carboxylic acids is 1. The third-order valence-electron chi connectivity index (χ3n) is 3.20. The van der Waals surface area contributed by atoms with Crippen molar-refractivity contribution in [3.63, 3.8) is 0 Å². The molecule has 0 aromatic carbocycles. The number of unbranched alkanes of at least 4 members (excludes halogenated alkanes) is 1. The molecule has 0 unspecified atom stereocenters. The molecule has 0 fully saturated rings. The summed E-state index contributed by atoms with van der Waals surface area (Å²) < 4.78 is 1.57. The molecule has 5 nitrogen and oxygen atoms in total. The minimum absolute atomic E-state index is 0.128. The Kier molecular flexibility index (Phi) is 5.86. The van der Waals surface area contributed by atoms with Gasteiger partial charge in [0, 0.05) is 13.6 Å². The van der Waals surface area contributed by atoms with Crippen molar-refractivity contribution >= 4 is 11.6 Å². The van der Waals surface area contributed by atoms with Crippen molar-refractivity contribution in [2.24, 2.45) is 13.0 Å². The number of nitrogens with two attached hydrogens (primary N) is 1. The topological polar surface area (TPSA) is 72.9 Å². The van der Waals surface area contributed by atoms with E-state index in [9.17, 15) is 4.79 Å². The summed E-state index contributed by atoms with van der Waals surface area (Å²) in [5.74, 6) is 0.590. The standard InChI is InChI=1S/C14H26N4O/c1-5-11-12(15)13(18(4)17-11)14(19)16-9-7-6-8-10(2)3/h10H,5-9,15H2,1-4H3,(H,16,19). The third-order valence-corrected chi connectivity index (χ3v) is 3.20. The largest absolute Gasteiger partial charge is 0.395 e. The Bertz CT molecular complexity index is 423. The number of anilines is 1. The van der Waals surface area contributed by atoms with E-state index in [1.54, 1.807) is 11.7 Å². The van der Waals surface area contributed by atoms with E-state index in [-0.39, 0.29) is 5.91 Å². The van der Waals surface area contributed by atoms with Gasteiger partial charge in [-0.2, -0.15) is 5.10 Å². The lowest BCUT2D eigenvalue weighted by Gasteiger charge is -2.07. The van der Waals surface area contributed by atoms with Crippen LogP contribution in [0.15, 0.2) is 0 Å². The first-order valence-corrected chi connectivity index (χ1v) is 7.06. The number of nitrogen functional groups attached to an aromatic ring is 1. The van der Waals surface area contributed by atoms with E-state index in [1.165, 1.54) is 6.42 Å². The van der Waals surface area contributed by atoms with Crippen LogP contribution in [0.4, 0.5) is 5.69 Å². The Morgan fingerprint density at radius 3 is 2.63 bits per heavy atom. The summed E-state index contributed by atoms with van der Waals surface area (Å²) in [5, 5.41) is 7.16. The number of hydrogen-bond acceptors (Lipinski definition) is 3. The number of aryl methyl sites for hydroxylation is 2. The quantitative estimate of drug-likeness (QED) is 0.742. The number of carbonyl (C=O) groups is 1. The van der Waals surface area contributed by atoms with Crippen molar-refractivity contribution in [2.45, 2.75) is 46.5 Å². The predicted molar refractivity (Wildman–Crippen MR) is 78.0 cm³/mol. The van der Waals surface area contributed by atoms with Crippen molar-refractivity contribution in [1.29, 1.82) is 0 Å². The molecule has 1 aromatic heterocycles. The average molecular weight is 266 g/mol. The van der Waals surface area contributed by atoms with Gasteiger partial charge in [0.1, 0.15) is 5.69 Å². The summed E-state index contributed by atoms with van der Waals surface area (Å²) in [6, 6.07) is 0. The van der Waals surface area contributed by atoms with Gasteiger partial charge in [0.25, 0.3) is 5.91 Å². The summed E-state index contributed by atoms with van der Waals surface area (Å²) in [5.41, 5.74) is 7.70. The van der Waals surface area contributed by atoms with Crippen LogP contribution in [0, 0.1) is 5.92 Å². The summed E-state index contributed by atoms with van der Waals surface area (Å²) in [7, 11) is 1.75. The molecule has 1 rings (SSSR count). The van der Waals surface area contributed by atoms with Gasteiger partial charge in [-0.15, -0.1) is 0 Å². The number of hydrogen-bond donors (Lipinski definition) is 2. The maximum Gasteiger partial charge on any atom is 0.271 e. The van der Waals surface area contributed by atoms with Crippen LogP contribution in [-0.4, -0.2) is 22.2 Å². The van der Waals surface area contributed by atoms with Gasteiger partial charge in [0.05, 0.1) is 11.4 Å². The Hall–Kier alpha value is -1.52. The van der Waals surface area contributed by atoms with Crippen LogP contribution >= 0.6 is 0 Å². The molecule has 1 amide bonds. The van der Waals surface area contributed by atoms with Crippen LogP contribution in [-0.2, 0) is 13.5 Å². The molecular formula is C14H26N4O. The molecule has 0 radical (unpaired) electrons. The molecule has 0 saturated carbocycles. The smallest absolute Gasteiger partial charge is 0.271 e. The summed E-state index contributed by atoms with van der Waals surface area (Å²) in [4.78, 5) is 12.1. The second kappa shape index (κ2) is 7.16. The summed E-state index contributed by atoms with van der Waals surface area (Å²) in [6.45, 7) is 7.09. The summed E-state index contributed by atoms with van der Waals surface area (Å²) in [6.07, 6.45) is 4.08. The van der Waals surface area contributed by atoms with E-state index >= 15 is 0 Å². The Labute approximate surface area is 115 Å². The highest BCUT2D eigenvalue weighted by molar-refractivity contribution is 5.97. The second-order valence-corrected chi connectivity index (χ2v) is 5.33. The van der Waals surface area contributed by atoms with Crippen molar-refractivity contribution < 1.29 is 4.79 Å². The highest BCUT2D eigenvalue weighted by Crippen LogP contribution is 2.16. The zero-order valence-corrected chi connectivity index (χ0v) is 12.5. The van der Waals surface area contributed by atoms with Crippen LogP contribution in [0.25, 0.3) is 0 Å². The predicted octanol–water partition coefficient (Wildman–Crippen LogP) is 2.12. The molecule has 3 N–H and O–H groups in total. The van der Waals surface area contributed by atoms with E-state index in [0.717, 1.165) is 30.9 Å². The fraction of sp³-hybridized carbons (Fsp3) is 0.714. The third kappa shape index (κ3) is 4.26. The molecule has 1 heterocycles. The van der Waals surface area contributed by atoms with Crippen LogP contribution in [0.1, 0.15) is 56.2 Å². The van der Waals surface area contributed by atoms with Crippen molar-refractivity contribution in [1.82, 2.24) is 15.1 Å². The van der Waals surface area contributed by atoms with Crippen LogP contribution in [0.2, 0.25) is 0 Å². The number of amides is 1. The Balaban J connectivity index is 2.48. The first-order chi connectivity index (χ1) is 8.97. The first kappa shape index (κ1) is 15.5. The van der Waals surface area contributed by atoms with E-state index in [2.05, 4.69) is 24.3 Å². The van der Waals surface area contributed by atoms with Crippen molar-refractivity contribution in [3.05, 3.63) is 11.4 Å². The molecule has 0 bridgehead atoms. The van der Waals surface area contributed by atoms with Gasteiger partial charge in [-0.3, -0.25) is 9.48 Å². The monoisotopic (exact) mass is 266 g/mol. The molecule has 1 aromatic rings. The molecule has 0 saturated heterocycles. The van der Waals surface area contributed by atoms with Crippen LogP contribution in [0.5, 0.6) is 0 Å². The normalized spacial score (nSPS) is 11.0. The Morgan fingerprint density at radius 2 is 2.11 bits per heavy atom. The molecule has 108 valence electrons. The molecular weight excluding hydrogens is 240 g/mol. The first-order valence-electron chi connectivity index (χ1n) is 7.06. The van der Waals surface area contributed by atoms with Gasteiger partial charge < -0.3 is 11.1 Å².